The largest absolute Gasteiger partial charge is 0.507 e. The van der Waals surface area contributed by atoms with Crippen molar-refractivity contribution in [2.45, 2.75) is 239 Å². The molecule has 8 aliphatic rings. The summed E-state index contributed by atoms with van der Waals surface area (Å²) in [5.41, 5.74) is 9.51. The van der Waals surface area contributed by atoms with Crippen molar-refractivity contribution in [2.75, 3.05) is 26.7 Å². The highest BCUT2D eigenvalue weighted by molar-refractivity contribution is 7.89. The molecule has 8 amide bonds. The van der Waals surface area contributed by atoms with Gasteiger partial charge in [0.2, 0.25) is 63.4 Å². The van der Waals surface area contributed by atoms with Crippen LogP contribution in [0.25, 0.3) is 11.1 Å². The summed E-state index contributed by atoms with van der Waals surface area (Å²) in [7, 11) is -2.35. The zero-order valence-corrected chi connectivity index (χ0v) is 71.3. The van der Waals surface area contributed by atoms with Gasteiger partial charge in [-0.3, -0.25) is 33.6 Å². The van der Waals surface area contributed by atoms with Gasteiger partial charge in [0, 0.05) is 54.2 Å². The number of primary amides is 1. The summed E-state index contributed by atoms with van der Waals surface area (Å²) < 4.78 is 73.4. The lowest BCUT2D eigenvalue weighted by molar-refractivity contribution is -0.333. The number of sulfonamides is 1. The predicted molar refractivity (Wildman–Crippen MR) is 445 cm³/mol. The summed E-state index contributed by atoms with van der Waals surface area (Å²) in [5, 5.41) is 126. The van der Waals surface area contributed by atoms with E-state index in [1.165, 1.54) is 27.0 Å². The number of fused-ring (bicyclic) bond motifs is 15. The third-order valence-electron chi connectivity index (χ3n) is 22.5. The number of rotatable bonds is 27. The number of unbranched alkanes of at least 4 members (excludes halogenated alkanes) is 5. The normalized spacial score (nSPS) is 26.8. The molecule has 125 heavy (non-hydrogen) atoms. The SMILES string of the molecule is CCCCCCc1ccc(S(=O)(=O)NCCCCCNC(=O)Oc2cc(O)c3c(c2)[C@@H](C(=O)O)NC(=O)[C@H]2NC(=O)[C@H](NC(=O)[C@@H]4NC(=O)[C@H](CC(N)=O)NC(=O)[C@H](NC(=O)[C@@H](CC(C)C)NC)[C@H](O)C5=CC(C)=C(CC5)Oc5cc4cc(c5O[C@@H]4O[C@H](CO)[C@@H](O)[C@H](O)[C@H]4O[C@H]4C[C@](C)(N)[C@H](O)[C@H](C)O4)Oc4ccc(cc4Cl)[C@H]2O)c2ccc(O)c-3c2)cc1. The Morgan fingerprint density at radius 2 is 1.42 bits per heavy atom. The number of benzene rings is 5. The maximum Gasteiger partial charge on any atom is 0.412 e. The van der Waals surface area contributed by atoms with E-state index in [0.717, 1.165) is 98.3 Å². The maximum atomic E-state index is 16.3. The van der Waals surface area contributed by atoms with Gasteiger partial charge in [-0.05, 0) is 160 Å². The number of ether oxygens (including phenoxy) is 7. The van der Waals surface area contributed by atoms with Crippen LogP contribution < -0.4 is 77.7 Å². The Kier molecular flexibility index (Phi) is 31.3. The molecular weight excluding hydrogens is 1670 g/mol. The molecular formula is C85H108ClN11O27S. The highest BCUT2D eigenvalue weighted by atomic mass is 35.5. The highest BCUT2D eigenvalue weighted by Crippen LogP contribution is 2.50. The van der Waals surface area contributed by atoms with E-state index in [1.54, 1.807) is 31.2 Å². The maximum absolute atomic E-state index is 16.3. The number of nitrogens with one attached hydrogen (secondary N) is 9. The molecule has 22 N–H and O–H groups in total. The monoisotopic (exact) mass is 1780 g/mol. The molecule has 2 fully saturated rings. The molecule has 11 bridgehead atoms. The first-order chi connectivity index (χ1) is 59.3. The Morgan fingerprint density at radius 3 is 2.08 bits per heavy atom. The molecule has 13 rings (SSSR count). The van der Waals surface area contributed by atoms with E-state index in [4.69, 9.17) is 56.2 Å². The second kappa shape index (κ2) is 41.2. The van der Waals surface area contributed by atoms with Crippen molar-refractivity contribution in [3.8, 4) is 51.4 Å². The van der Waals surface area contributed by atoms with Gasteiger partial charge in [-0.15, -0.1) is 0 Å². The Balaban J connectivity index is 1.02. The van der Waals surface area contributed by atoms with Crippen molar-refractivity contribution in [1.82, 2.24) is 47.3 Å². The summed E-state index contributed by atoms with van der Waals surface area (Å²) >= 11 is 7.17. The first-order valence-electron chi connectivity index (χ1n) is 41.2. The predicted octanol–water partition coefficient (Wildman–Crippen LogP) is 3.02. The van der Waals surface area contributed by atoms with Crippen molar-refractivity contribution in [3.05, 3.63) is 141 Å². The van der Waals surface area contributed by atoms with Crippen molar-refractivity contribution in [1.29, 1.82) is 0 Å². The number of allylic oxidation sites excluding steroid dienone is 3. The molecule has 5 aromatic rings. The Labute approximate surface area is 724 Å². The molecule has 0 aromatic heterocycles. The van der Waals surface area contributed by atoms with Crippen LogP contribution in [0.15, 0.2) is 113 Å². The van der Waals surface area contributed by atoms with Crippen LogP contribution in [0.5, 0.6) is 40.2 Å². The number of carboxylic acids is 1. The number of hydrogen-bond acceptors (Lipinski definition) is 28. The second-order valence-electron chi connectivity index (χ2n) is 32.6. The number of aryl methyl sites for hydroxylation is 1. The molecule has 5 aromatic carbocycles. The van der Waals surface area contributed by atoms with Crippen LogP contribution in [0.3, 0.4) is 0 Å². The van der Waals surface area contributed by atoms with Crippen LogP contribution in [0.4, 0.5) is 4.79 Å². The van der Waals surface area contributed by atoms with E-state index < -0.39 is 247 Å². The van der Waals surface area contributed by atoms with E-state index in [1.807, 2.05) is 13.8 Å². The van der Waals surface area contributed by atoms with Crippen molar-refractivity contribution >= 4 is 75.0 Å². The average Bonchev–Trinajstić information content (AvgIpc) is 0.764. The Hall–Kier alpha value is -10.6. The van der Waals surface area contributed by atoms with Gasteiger partial charge in [-0.1, -0.05) is 88.4 Å². The third-order valence-corrected chi connectivity index (χ3v) is 24.3. The van der Waals surface area contributed by atoms with E-state index in [-0.39, 0.29) is 83.4 Å². The Morgan fingerprint density at radius 1 is 0.736 bits per heavy atom. The molecule has 40 heteroatoms. The number of carbonyl (C=O) groups excluding carboxylic acids is 8. The minimum Gasteiger partial charge on any atom is -0.507 e. The first kappa shape index (κ1) is 95.0. The number of aliphatic carboxylic acids is 1. The number of likely N-dealkylation sites (N-methyl/N-ethyl adjacent to an activating group) is 1. The lowest BCUT2D eigenvalue weighted by Gasteiger charge is -2.47. The first-order valence-corrected chi connectivity index (χ1v) is 43.1. The number of aromatic hydroxyl groups is 2. The lowest BCUT2D eigenvalue weighted by atomic mass is 9.86. The molecule has 18 atom stereocenters. The van der Waals surface area contributed by atoms with Crippen LogP contribution >= 0.6 is 11.6 Å². The van der Waals surface area contributed by atoms with E-state index >= 15 is 24.0 Å². The van der Waals surface area contributed by atoms with Gasteiger partial charge in [-0.2, -0.15) is 0 Å². The minimum atomic E-state index is -3.84. The fraction of sp³-hybridized carbons (Fsp3) is 0.494. The van der Waals surface area contributed by atoms with E-state index in [9.17, 15) is 73.6 Å². The van der Waals surface area contributed by atoms with Crippen LogP contribution in [-0.4, -0.2) is 220 Å². The van der Waals surface area contributed by atoms with Crippen LogP contribution in [-0.2, 0) is 69.0 Å². The highest BCUT2D eigenvalue weighted by Gasteiger charge is 2.52. The lowest BCUT2D eigenvalue weighted by Crippen LogP contribution is -2.64. The summed E-state index contributed by atoms with van der Waals surface area (Å²) in [6, 6.07) is 2.66. The van der Waals surface area contributed by atoms with Crippen LogP contribution in [0, 0.1) is 5.92 Å². The van der Waals surface area contributed by atoms with E-state index in [0.29, 0.717) is 19.3 Å². The molecule has 2 saturated heterocycles. The van der Waals surface area contributed by atoms with Crippen LogP contribution in [0.1, 0.15) is 171 Å². The summed E-state index contributed by atoms with van der Waals surface area (Å²) in [5.74, 6) is -15.3. The number of phenols is 2. The zero-order valence-electron chi connectivity index (χ0n) is 69.7. The fourth-order valence-electron chi connectivity index (χ4n) is 15.7. The van der Waals surface area contributed by atoms with Crippen molar-refractivity contribution in [2.24, 2.45) is 17.4 Å². The van der Waals surface area contributed by atoms with Gasteiger partial charge >= 0.3 is 12.1 Å². The van der Waals surface area contributed by atoms with Gasteiger partial charge in [-0.25, -0.2) is 22.7 Å². The van der Waals surface area contributed by atoms with Gasteiger partial charge in [0.05, 0.1) is 41.2 Å². The zero-order chi connectivity index (χ0) is 90.8. The van der Waals surface area contributed by atoms with Gasteiger partial charge in [0.25, 0.3) is 0 Å². The summed E-state index contributed by atoms with van der Waals surface area (Å²) in [6.45, 7) is 9.41. The minimum absolute atomic E-state index is 0.0357. The number of halogens is 1. The standard InChI is InChI=1S/C85H108ClN11O27S/c1-8-9-10-12-15-42-16-21-48(22-17-42)125(116,117)91-27-14-11-13-26-90-84(115)119-47-34-50-63(55(100)35-47)49-30-43(18-23-54(49)99)64-78(109)97-68(81(112)95-66(50)82(113)114)70(103)45-20-25-57(51(86)31-45)121-59-33-46-32-58(73(59)124-83-74(72(105)71(104)60(38-98)122-83)123-62-37-85(6,88)75(106)41(5)118-62)120-56-24-19-44(29-40(56)4)69(102)67(96-76(107)52(89-7)28-39(2)3)80(111)92-53(36-61(87)101)77(108)93-65(46)79(110)94-64/h16-18,20-23,25,29-35,39,41,52-53,60,62,64-72,74-75,83,89,91,98-100,102-106H,8-15,19,24,26-28,36-38,88H2,1-7H3,(H2,87,101)(H,90,115)(H,92,111)(H,93,108)(H,94,110)(H,95,112)(H,96,107)(H,97,109)(H,113,114)/t41-,52+,53-,60+,62-,64+,65+,66-,67+,68-,69+,70+,71+,72-,74+,75+,83-,85-/m0/s1. The molecule has 0 spiro atoms. The number of aliphatic hydroxyl groups excluding tert-OH is 6. The number of amides is 8. The number of carbonyl (C=O) groups is 9. The smallest absolute Gasteiger partial charge is 0.412 e. The fourth-order valence-corrected chi connectivity index (χ4v) is 17.0. The number of nitrogens with two attached hydrogens (primary N) is 2. The molecule has 7 aliphatic heterocycles. The Bertz CT molecular complexity index is 5040. The summed E-state index contributed by atoms with van der Waals surface area (Å²) in [4.78, 5) is 133. The number of hydrogen-bond donors (Lipinski definition) is 20. The molecule has 7 heterocycles. The van der Waals surface area contributed by atoms with Gasteiger partial charge < -0.3 is 133 Å². The molecule has 0 unspecified atom stereocenters. The van der Waals surface area contributed by atoms with E-state index in [2.05, 4.69) is 54.2 Å². The quantitative estimate of drug-likeness (QED) is 0.0336. The number of carboxylic acid groups (broad SMARTS) is 1. The molecule has 0 radical (unpaired) electrons. The van der Waals surface area contributed by atoms with Gasteiger partial charge in [0.1, 0.15) is 89.5 Å². The van der Waals surface area contributed by atoms with Crippen molar-refractivity contribution < 1.29 is 131 Å². The van der Waals surface area contributed by atoms with Crippen LogP contribution in [0.2, 0.25) is 5.02 Å². The molecule has 38 nitrogen and oxygen atoms in total. The average molecular weight is 1780 g/mol. The molecule has 678 valence electrons. The number of aliphatic hydroxyl groups is 6. The number of phenolic OH excluding ortho intramolecular Hbond substituents is 2. The van der Waals surface area contributed by atoms with Gasteiger partial charge in [0.15, 0.2) is 29.9 Å². The topological polar surface area (TPSA) is 595 Å². The third kappa shape index (κ3) is 22.8. The van der Waals surface area contributed by atoms with Crippen molar-refractivity contribution in [3.63, 3.8) is 0 Å². The molecule has 0 saturated carbocycles. The second-order valence-corrected chi connectivity index (χ2v) is 34.7. The molecule has 1 aliphatic carbocycles. The summed E-state index contributed by atoms with van der Waals surface area (Å²) in [6.07, 6.45) is -12.3.